The van der Waals surface area contributed by atoms with E-state index in [0.717, 1.165) is 35.8 Å². The molecule has 1 aliphatic carbocycles. The molecule has 0 bridgehead atoms. The number of hydrogen-bond acceptors (Lipinski definition) is 5. The summed E-state index contributed by atoms with van der Waals surface area (Å²) in [4.78, 5) is 9.15. The van der Waals surface area contributed by atoms with Crippen molar-refractivity contribution in [1.29, 1.82) is 5.26 Å². The Labute approximate surface area is 172 Å². The molecular weight excluding hydrogens is 366 g/mol. The Morgan fingerprint density at radius 3 is 2.79 bits per heavy atom. The van der Waals surface area contributed by atoms with Crippen LogP contribution in [0.1, 0.15) is 43.2 Å². The third-order valence-electron chi connectivity index (χ3n) is 5.70. The van der Waals surface area contributed by atoms with Crippen molar-refractivity contribution in [3.8, 4) is 11.8 Å². The summed E-state index contributed by atoms with van der Waals surface area (Å²) in [6.07, 6.45) is 8.74. The summed E-state index contributed by atoms with van der Waals surface area (Å²) >= 11 is 1.79. The molecule has 1 heterocycles. The highest BCUT2D eigenvalue weighted by Gasteiger charge is 2.46. The van der Waals surface area contributed by atoms with Gasteiger partial charge in [-0.2, -0.15) is 5.26 Å². The Morgan fingerprint density at radius 1 is 1.32 bits per heavy atom. The highest BCUT2D eigenvalue weighted by atomic mass is 32.2. The lowest BCUT2D eigenvalue weighted by molar-refractivity contribution is 0.259. The van der Waals surface area contributed by atoms with Gasteiger partial charge in [-0.1, -0.05) is 31.0 Å². The summed E-state index contributed by atoms with van der Waals surface area (Å²) < 4.78 is 5.26. The highest BCUT2D eigenvalue weighted by Crippen LogP contribution is 2.49. The second-order valence-corrected chi connectivity index (χ2v) is 8.15. The third-order valence-corrected chi connectivity index (χ3v) is 7.00. The molecule has 1 aromatic heterocycles. The maximum absolute atomic E-state index is 9.49. The molecule has 28 heavy (non-hydrogen) atoms. The van der Waals surface area contributed by atoms with Gasteiger partial charge in [-0.05, 0) is 48.1 Å². The van der Waals surface area contributed by atoms with Crippen LogP contribution in [0, 0.1) is 17.2 Å². The zero-order valence-corrected chi connectivity index (χ0v) is 17.4. The first-order chi connectivity index (χ1) is 13.7. The number of benzene rings is 1. The molecule has 4 nitrogen and oxygen atoms in total. The van der Waals surface area contributed by atoms with Gasteiger partial charge in [0.05, 0.1) is 18.2 Å². The van der Waals surface area contributed by atoms with E-state index in [1.54, 1.807) is 18.9 Å². The number of pyridine rings is 1. The lowest BCUT2D eigenvalue weighted by Crippen LogP contribution is -2.44. The number of thioether (sulfide) groups is 1. The Balaban J connectivity index is 1.92. The van der Waals surface area contributed by atoms with Crippen LogP contribution >= 0.6 is 11.8 Å². The van der Waals surface area contributed by atoms with Crippen LogP contribution in [0.2, 0.25) is 0 Å². The average Bonchev–Trinajstić information content (AvgIpc) is 2.76. The predicted molar refractivity (Wildman–Crippen MR) is 116 cm³/mol. The molecule has 2 atom stereocenters. The molecule has 2 unspecified atom stereocenters. The summed E-state index contributed by atoms with van der Waals surface area (Å²) in [7, 11) is 3.56. The van der Waals surface area contributed by atoms with Crippen molar-refractivity contribution in [3.63, 3.8) is 0 Å². The SMILES string of the molecule is CN=C(SCc1ccc(OC)cc1)C1(c2cccnc2)CCCCC1CC#N. The Hall–Kier alpha value is -2.32. The van der Waals surface area contributed by atoms with Crippen LogP contribution < -0.4 is 4.74 Å². The van der Waals surface area contributed by atoms with Crippen LogP contribution in [0.3, 0.4) is 0 Å². The van der Waals surface area contributed by atoms with Gasteiger partial charge < -0.3 is 4.74 Å². The van der Waals surface area contributed by atoms with Gasteiger partial charge >= 0.3 is 0 Å². The van der Waals surface area contributed by atoms with Crippen molar-refractivity contribution in [2.45, 2.75) is 43.3 Å². The average molecular weight is 394 g/mol. The summed E-state index contributed by atoms with van der Waals surface area (Å²) in [5, 5.41) is 10.6. The van der Waals surface area contributed by atoms with Gasteiger partial charge in [-0.3, -0.25) is 9.98 Å². The van der Waals surface area contributed by atoms with E-state index < -0.39 is 0 Å². The van der Waals surface area contributed by atoms with Crippen LogP contribution in [0.15, 0.2) is 53.8 Å². The number of hydrogen-bond donors (Lipinski definition) is 0. The lowest BCUT2D eigenvalue weighted by atomic mass is 9.62. The lowest BCUT2D eigenvalue weighted by Gasteiger charge is -2.44. The van der Waals surface area contributed by atoms with Gasteiger partial charge in [0.25, 0.3) is 0 Å². The molecule has 1 saturated carbocycles. The standard InChI is InChI=1S/C23H27N3OS/c1-25-22(28-17-18-8-10-21(27-2)11-9-18)23(20-7-5-15-26-16-20)13-4-3-6-19(23)12-14-24/h5,7-11,15-16,19H,3-4,6,12-13,17H2,1-2H3. The quantitative estimate of drug-likeness (QED) is 0.487. The number of aromatic nitrogens is 1. The third kappa shape index (κ3) is 4.23. The van der Waals surface area contributed by atoms with E-state index in [2.05, 4.69) is 29.3 Å². The molecule has 0 N–H and O–H groups in total. The molecule has 1 aliphatic rings. The van der Waals surface area contributed by atoms with Crippen LogP contribution in [0.25, 0.3) is 0 Å². The molecule has 0 radical (unpaired) electrons. The highest BCUT2D eigenvalue weighted by molar-refractivity contribution is 8.13. The first-order valence-electron chi connectivity index (χ1n) is 9.75. The van der Waals surface area contributed by atoms with Gasteiger partial charge in [0, 0.05) is 37.0 Å². The van der Waals surface area contributed by atoms with E-state index >= 15 is 0 Å². The van der Waals surface area contributed by atoms with Gasteiger partial charge in [-0.25, -0.2) is 0 Å². The Kier molecular flexibility index (Phi) is 7.11. The molecule has 0 amide bonds. The van der Waals surface area contributed by atoms with Crippen molar-refractivity contribution in [2.24, 2.45) is 10.9 Å². The predicted octanol–water partition coefficient (Wildman–Crippen LogP) is 5.39. The van der Waals surface area contributed by atoms with E-state index in [9.17, 15) is 5.26 Å². The number of aliphatic imine (C=N–C) groups is 1. The zero-order chi connectivity index (χ0) is 19.8. The van der Waals surface area contributed by atoms with Crippen LogP contribution in [-0.4, -0.2) is 24.2 Å². The number of nitrogens with zero attached hydrogens (tertiary/aromatic N) is 3. The fraction of sp³-hybridized carbons (Fsp3) is 0.435. The van der Waals surface area contributed by atoms with E-state index in [0.29, 0.717) is 6.42 Å². The fourth-order valence-corrected chi connectivity index (χ4v) is 5.58. The Morgan fingerprint density at radius 2 is 2.14 bits per heavy atom. The molecule has 1 aromatic carbocycles. The molecule has 3 rings (SSSR count). The minimum atomic E-state index is -0.214. The second kappa shape index (κ2) is 9.75. The number of ether oxygens (including phenoxy) is 1. The van der Waals surface area contributed by atoms with Gasteiger partial charge in [0.2, 0.25) is 0 Å². The van der Waals surface area contributed by atoms with E-state index in [4.69, 9.17) is 9.73 Å². The van der Waals surface area contributed by atoms with Crippen LogP contribution in [0.4, 0.5) is 0 Å². The van der Waals surface area contributed by atoms with Crippen molar-refractivity contribution in [3.05, 3.63) is 59.9 Å². The van der Waals surface area contributed by atoms with E-state index in [-0.39, 0.29) is 11.3 Å². The van der Waals surface area contributed by atoms with E-state index in [1.165, 1.54) is 17.5 Å². The molecule has 146 valence electrons. The largest absolute Gasteiger partial charge is 0.497 e. The van der Waals surface area contributed by atoms with Crippen molar-refractivity contribution in [2.75, 3.05) is 14.2 Å². The van der Waals surface area contributed by atoms with Crippen molar-refractivity contribution in [1.82, 2.24) is 4.98 Å². The summed E-state index contributed by atoms with van der Waals surface area (Å²) in [5.74, 6) is 1.99. The monoisotopic (exact) mass is 393 g/mol. The molecule has 0 aliphatic heterocycles. The minimum absolute atomic E-state index is 0.214. The van der Waals surface area contributed by atoms with Gasteiger partial charge in [0.1, 0.15) is 5.75 Å². The minimum Gasteiger partial charge on any atom is -0.497 e. The first-order valence-corrected chi connectivity index (χ1v) is 10.7. The van der Waals surface area contributed by atoms with Gasteiger partial charge in [-0.15, -0.1) is 11.8 Å². The normalized spacial score (nSPS) is 22.5. The van der Waals surface area contributed by atoms with Crippen LogP contribution in [0.5, 0.6) is 5.75 Å². The number of nitriles is 1. The number of methoxy groups -OCH3 is 1. The van der Waals surface area contributed by atoms with Crippen molar-refractivity contribution < 1.29 is 4.74 Å². The topological polar surface area (TPSA) is 58.3 Å². The smallest absolute Gasteiger partial charge is 0.118 e. The summed E-state index contributed by atoms with van der Waals surface area (Å²) in [5.41, 5.74) is 2.22. The molecule has 0 spiro atoms. The fourth-order valence-electron chi connectivity index (χ4n) is 4.31. The summed E-state index contributed by atoms with van der Waals surface area (Å²) in [6, 6.07) is 14.8. The van der Waals surface area contributed by atoms with E-state index in [1.807, 2.05) is 37.6 Å². The molecule has 2 aromatic rings. The molecular formula is C23H27N3OS. The van der Waals surface area contributed by atoms with Gasteiger partial charge in [0.15, 0.2) is 0 Å². The maximum atomic E-state index is 9.49. The summed E-state index contributed by atoms with van der Waals surface area (Å²) in [6.45, 7) is 0. The first kappa shape index (κ1) is 20.4. The Bertz CT molecular complexity index is 829. The molecule has 0 saturated heterocycles. The zero-order valence-electron chi connectivity index (χ0n) is 16.6. The maximum Gasteiger partial charge on any atom is 0.118 e. The molecule has 5 heteroatoms. The van der Waals surface area contributed by atoms with Crippen LogP contribution in [-0.2, 0) is 11.2 Å². The van der Waals surface area contributed by atoms with Crippen molar-refractivity contribution >= 4 is 16.8 Å². The molecule has 1 fully saturated rings. The number of rotatable bonds is 6. The second-order valence-electron chi connectivity index (χ2n) is 7.18.